The number of carboxylic acid groups (broad SMARTS) is 1. The van der Waals surface area contributed by atoms with Gasteiger partial charge in [-0.2, -0.15) is 11.8 Å². The second-order valence-corrected chi connectivity index (χ2v) is 8.89. The summed E-state index contributed by atoms with van der Waals surface area (Å²) in [5, 5.41) is 12.0. The SMILES string of the molecule is Cc1ccc(CSC[C@@H](NC(=O)OCC2c3ccccc3-c3ccccc32)C(=O)O)cc1. The van der Waals surface area contributed by atoms with Gasteiger partial charge in [0.2, 0.25) is 0 Å². The third-order valence-corrected chi connectivity index (χ3v) is 6.71. The summed E-state index contributed by atoms with van der Waals surface area (Å²) < 4.78 is 5.48. The fourth-order valence-electron chi connectivity index (χ4n) is 3.94. The molecule has 0 radical (unpaired) electrons. The molecule has 1 atom stereocenters. The lowest BCUT2D eigenvalue weighted by molar-refractivity contribution is -0.138. The number of carboxylic acids is 1. The average molecular weight is 448 g/mol. The number of nitrogens with one attached hydrogen (secondary N) is 1. The summed E-state index contributed by atoms with van der Waals surface area (Å²) in [5.74, 6) is -0.202. The number of amides is 1. The lowest BCUT2D eigenvalue weighted by atomic mass is 9.98. The van der Waals surface area contributed by atoms with Crippen molar-refractivity contribution in [1.82, 2.24) is 5.32 Å². The Kier molecular flexibility index (Phi) is 6.81. The second kappa shape index (κ2) is 9.92. The molecular weight excluding hydrogens is 422 g/mol. The first kappa shape index (κ1) is 22.0. The molecule has 1 amide bonds. The highest BCUT2D eigenvalue weighted by atomic mass is 32.2. The number of hydrogen-bond donors (Lipinski definition) is 2. The van der Waals surface area contributed by atoms with Gasteiger partial charge >= 0.3 is 12.1 Å². The fraction of sp³-hybridized carbons (Fsp3) is 0.231. The largest absolute Gasteiger partial charge is 0.480 e. The number of carbonyl (C=O) groups is 2. The van der Waals surface area contributed by atoms with E-state index in [0.717, 1.165) is 27.8 Å². The van der Waals surface area contributed by atoms with E-state index in [-0.39, 0.29) is 18.3 Å². The molecule has 0 fully saturated rings. The van der Waals surface area contributed by atoms with Crippen LogP contribution in [0.25, 0.3) is 11.1 Å². The third-order valence-electron chi connectivity index (χ3n) is 5.61. The zero-order chi connectivity index (χ0) is 22.5. The number of aliphatic carboxylic acids is 1. The zero-order valence-electron chi connectivity index (χ0n) is 17.8. The van der Waals surface area contributed by atoms with Crippen LogP contribution in [0.4, 0.5) is 4.79 Å². The molecule has 3 aromatic carbocycles. The van der Waals surface area contributed by atoms with Crippen LogP contribution in [0.15, 0.2) is 72.8 Å². The summed E-state index contributed by atoms with van der Waals surface area (Å²) in [7, 11) is 0. The Morgan fingerprint density at radius 1 is 0.969 bits per heavy atom. The van der Waals surface area contributed by atoms with Crippen LogP contribution in [0, 0.1) is 6.92 Å². The Morgan fingerprint density at radius 3 is 2.16 bits per heavy atom. The fourth-order valence-corrected chi connectivity index (χ4v) is 4.94. The highest BCUT2D eigenvalue weighted by Gasteiger charge is 2.29. The molecule has 0 saturated heterocycles. The van der Waals surface area contributed by atoms with Gasteiger partial charge in [-0.25, -0.2) is 9.59 Å². The Balaban J connectivity index is 1.33. The number of aryl methyl sites for hydroxylation is 1. The predicted molar refractivity (Wildman–Crippen MR) is 127 cm³/mol. The van der Waals surface area contributed by atoms with Crippen molar-refractivity contribution < 1.29 is 19.4 Å². The van der Waals surface area contributed by atoms with E-state index in [2.05, 4.69) is 17.4 Å². The van der Waals surface area contributed by atoms with Crippen molar-refractivity contribution in [2.45, 2.75) is 24.6 Å². The lowest BCUT2D eigenvalue weighted by Gasteiger charge is -2.17. The van der Waals surface area contributed by atoms with Gasteiger partial charge in [-0.05, 0) is 34.7 Å². The summed E-state index contributed by atoms with van der Waals surface area (Å²) in [4.78, 5) is 24.0. The van der Waals surface area contributed by atoms with Crippen LogP contribution in [-0.4, -0.2) is 35.6 Å². The Morgan fingerprint density at radius 2 is 1.56 bits per heavy atom. The lowest BCUT2D eigenvalue weighted by Crippen LogP contribution is -2.43. The minimum Gasteiger partial charge on any atom is -0.480 e. The number of benzene rings is 3. The van der Waals surface area contributed by atoms with Crippen molar-refractivity contribution >= 4 is 23.8 Å². The molecular formula is C26H25NO4S. The van der Waals surface area contributed by atoms with Gasteiger partial charge in [0.15, 0.2) is 0 Å². The summed E-state index contributed by atoms with van der Waals surface area (Å²) in [6, 6.07) is 23.3. The number of thioether (sulfide) groups is 1. The van der Waals surface area contributed by atoms with Crippen molar-refractivity contribution in [3.05, 3.63) is 95.1 Å². The monoisotopic (exact) mass is 447 g/mol. The van der Waals surface area contributed by atoms with Gasteiger partial charge < -0.3 is 15.2 Å². The van der Waals surface area contributed by atoms with E-state index in [1.54, 1.807) is 0 Å². The molecule has 1 aliphatic rings. The van der Waals surface area contributed by atoms with E-state index < -0.39 is 18.1 Å². The molecule has 0 unspecified atom stereocenters. The topological polar surface area (TPSA) is 75.6 Å². The van der Waals surface area contributed by atoms with Gasteiger partial charge in [-0.15, -0.1) is 0 Å². The second-order valence-electron chi connectivity index (χ2n) is 7.86. The van der Waals surface area contributed by atoms with Gasteiger partial charge in [-0.1, -0.05) is 78.4 Å². The quantitative estimate of drug-likeness (QED) is 0.495. The summed E-state index contributed by atoms with van der Waals surface area (Å²) in [6.45, 7) is 2.18. The number of rotatable bonds is 8. The van der Waals surface area contributed by atoms with Gasteiger partial charge in [0.05, 0.1) is 0 Å². The number of carbonyl (C=O) groups excluding carboxylic acids is 1. The van der Waals surface area contributed by atoms with Crippen molar-refractivity contribution in [3.8, 4) is 11.1 Å². The molecule has 4 rings (SSSR count). The van der Waals surface area contributed by atoms with E-state index in [4.69, 9.17) is 4.74 Å². The van der Waals surface area contributed by atoms with Crippen LogP contribution in [0.3, 0.4) is 0 Å². The average Bonchev–Trinajstić information content (AvgIpc) is 3.12. The van der Waals surface area contributed by atoms with Gasteiger partial charge in [0.1, 0.15) is 12.6 Å². The molecule has 5 nitrogen and oxygen atoms in total. The predicted octanol–water partition coefficient (Wildman–Crippen LogP) is 5.22. The van der Waals surface area contributed by atoms with Crippen molar-refractivity contribution in [2.24, 2.45) is 0 Å². The van der Waals surface area contributed by atoms with E-state index >= 15 is 0 Å². The molecule has 6 heteroatoms. The summed E-state index contributed by atoms with van der Waals surface area (Å²) in [6.07, 6.45) is -0.713. The van der Waals surface area contributed by atoms with Crippen LogP contribution in [-0.2, 0) is 15.3 Å². The highest BCUT2D eigenvalue weighted by molar-refractivity contribution is 7.98. The molecule has 0 spiro atoms. The van der Waals surface area contributed by atoms with Crippen LogP contribution in [0.2, 0.25) is 0 Å². The minimum atomic E-state index is -1.07. The first-order valence-corrected chi connectivity index (χ1v) is 11.7. The van der Waals surface area contributed by atoms with Crippen LogP contribution in [0.5, 0.6) is 0 Å². The molecule has 0 heterocycles. The van der Waals surface area contributed by atoms with Gasteiger partial charge in [0, 0.05) is 17.4 Å². The van der Waals surface area contributed by atoms with Gasteiger partial charge in [0.25, 0.3) is 0 Å². The number of hydrogen-bond acceptors (Lipinski definition) is 4. The maximum atomic E-state index is 12.4. The normalized spacial score (nSPS) is 13.2. The highest BCUT2D eigenvalue weighted by Crippen LogP contribution is 2.44. The molecule has 32 heavy (non-hydrogen) atoms. The van der Waals surface area contributed by atoms with Crippen LogP contribution < -0.4 is 5.32 Å². The minimum absolute atomic E-state index is 0.0626. The third kappa shape index (κ3) is 4.97. The van der Waals surface area contributed by atoms with E-state index in [0.29, 0.717) is 5.75 Å². The number of fused-ring (bicyclic) bond motifs is 3. The Bertz CT molecular complexity index is 1070. The molecule has 164 valence electrons. The molecule has 3 aromatic rings. The molecule has 0 saturated carbocycles. The first-order valence-electron chi connectivity index (χ1n) is 10.5. The maximum Gasteiger partial charge on any atom is 0.407 e. The van der Waals surface area contributed by atoms with Gasteiger partial charge in [-0.3, -0.25) is 0 Å². The Labute approximate surface area is 191 Å². The summed E-state index contributed by atoms with van der Waals surface area (Å²) >= 11 is 1.46. The van der Waals surface area contributed by atoms with Crippen LogP contribution >= 0.6 is 11.8 Å². The molecule has 0 aliphatic heterocycles. The first-order chi connectivity index (χ1) is 15.5. The van der Waals surface area contributed by atoms with E-state index in [9.17, 15) is 14.7 Å². The molecule has 2 N–H and O–H groups in total. The molecule has 0 aromatic heterocycles. The number of alkyl carbamates (subject to hydrolysis) is 1. The summed E-state index contributed by atoms with van der Waals surface area (Å²) in [5.41, 5.74) is 6.82. The van der Waals surface area contributed by atoms with Crippen LogP contribution in [0.1, 0.15) is 28.2 Å². The maximum absolute atomic E-state index is 12.4. The standard InChI is InChI=1S/C26H25NO4S/c1-17-10-12-18(13-11-17)15-32-16-24(25(28)29)27-26(30)31-14-23-21-8-4-2-6-19(21)20-7-3-5-9-22(20)23/h2-13,23-24H,14-16H2,1H3,(H,27,30)(H,28,29)/t24-/m1/s1. The van der Waals surface area contributed by atoms with Crippen molar-refractivity contribution in [3.63, 3.8) is 0 Å². The van der Waals surface area contributed by atoms with Crippen molar-refractivity contribution in [2.75, 3.05) is 12.4 Å². The smallest absolute Gasteiger partial charge is 0.407 e. The molecule has 1 aliphatic carbocycles. The number of ether oxygens (including phenoxy) is 1. The van der Waals surface area contributed by atoms with Crippen molar-refractivity contribution in [1.29, 1.82) is 0 Å². The molecule has 0 bridgehead atoms. The van der Waals surface area contributed by atoms with E-state index in [1.807, 2.05) is 67.6 Å². The van der Waals surface area contributed by atoms with E-state index in [1.165, 1.54) is 17.3 Å². The zero-order valence-corrected chi connectivity index (χ0v) is 18.6. The Hall–Kier alpha value is -3.25.